The van der Waals surface area contributed by atoms with Crippen molar-refractivity contribution in [1.82, 2.24) is 0 Å². The molecule has 0 saturated carbocycles. The van der Waals surface area contributed by atoms with Gasteiger partial charge in [-0.15, -0.1) is 0 Å². The van der Waals surface area contributed by atoms with Crippen LogP contribution in [0.25, 0.3) is 0 Å². The Labute approximate surface area is 84.6 Å². The SMILES string of the molecule is C=CS(=O)(=O)OC(F)(F)C(F)(F)C(F)(F)F. The number of hydrogen-bond acceptors (Lipinski definition) is 3. The molecule has 0 aromatic rings. The van der Waals surface area contributed by atoms with Crippen LogP contribution in [0.5, 0.6) is 0 Å². The molecule has 0 aliphatic rings. The van der Waals surface area contributed by atoms with Crippen LogP contribution >= 0.6 is 0 Å². The van der Waals surface area contributed by atoms with Crippen LogP contribution in [0, 0.1) is 0 Å². The van der Waals surface area contributed by atoms with E-state index in [0.717, 1.165) is 0 Å². The van der Waals surface area contributed by atoms with Gasteiger partial charge in [-0.25, -0.2) is 0 Å². The van der Waals surface area contributed by atoms with Gasteiger partial charge in [0.25, 0.3) is 10.1 Å². The van der Waals surface area contributed by atoms with Gasteiger partial charge in [-0.05, 0) is 0 Å². The van der Waals surface area contributed by atoms with E-state index < -0.39 is 28.3 Å². The Balaban J connectivity index is 5.30. The highest BCUT2D eigenvalue weighted by atomic mass is 32.2. The quantitative estimate of drug-likeness (QED) is 0.584. The zero-order valence-electron chi connectivity index (χ0n) is 7.06. The minimum atomic E-state index is -6.66. The molecule has 0 aromatic heterocycles. The van der Waals surface area contributed by atoms with Crippen LogP contribution in [0.1, 0.15) is 0 Å². The Morgan fingerprint density at radius 1 is 1.00 bits per heavy atom. The molecule has 0 saturated heterocycles. The monoisotopic (exact) mass is 276 g/mol. The van der Waals surface area contributed by atoms with Gasteiger partial charge in [0.05, 0.1) is 5.41 Å². The summed E-state index contributed by atoms with van der Waals surface area (Å²) in [4.78, 5) is 0. The molecule has 16 heavy (non-hydrogen) atoms. The van der Waals surface area contributed by atoms with Gasteiger partial charge in [0.1, 0.15) is 0 Å². The smallest absolute Gasteiger partial charge is 0.194 e. The highest BCUT2D eigenvalue weighted by Gasteiger charge is 2.75. The third-order valence-corrected chi connectivity index (χ3v) is 2.00. The fourth-order valence-electron chi connectivity index (χ4n) is 0.397. The van der Waals surface area contributed by atoms with E-state index in [2.05, 4.69) is 10.8 Å². The van der Waals surface area contributed by atoms with E-state index in [9.17, 15) is 39.2 Å². The minimum Gasteiger partial charge on any atom is -0.194 e. The van der Waals surface area contributed by atoms with Crippen molar-refractivity contribution in [1.29, 1.82) is 0 Å². The topological polar surface area (TPSA) is 43.4 Å². The predicted molar refractivity (Wildman–Crippen MR) is 36.2 cm³/mol. The molecular weight excluding hydrogens is 273 g/mol. The third-order valence-electron chi connectivity index (χ3n) is 1.15. The summed E-state index contributed by atoms with van der Waals surface area (Å²) in [6.45, 7) is 2.39. The Morgan fingerprint density at radius 2 is 1.38 bits per heavy atom. The molecule has 0 unspecified atom stereocenters. The Kier molecular flexibility index (Phi) is 3.67. The summed E-state index contributed by atoms with van der Waals surface area (Å²) in [6, 6.07) is 0. The molecule has 0 aliphatic heterocycles. The summed E-state index contributed by atoms with van der Waals surface area (Å²) in [6.07, 6.45) is -12.9. The molecule has 0 aliphatic carbocycles. The second kappa shape index (κ2) is 3.87. The van der Waals surface area contributed by atoms with Crippen molar-refractivity contribution in [2.45, 2.75) is 18.2 Å². The van der Waals surface area contributed by atoms with Crippen LogP contribution in [0.2, 0.25) is 0 Å². The van der Waals surface area contributed by atoms with Gasteiger partial charge in [0, 0.05) is 0 Å². The van der Waals surface area contributed by atoms with E-state index in [1.54, 1.807) is 0 Å². The molecule has 0 aromatic carbocycles. The van der Waals surface area contributed by atoms with Crippen molar-refractivity contribution < 1.29 is 43.3 Å². The fourth-order valence-corrected chi connectivity index (χ4v) is 0.862. The number of rotatable bonds is 4. The largest absolute Gasteiger partial charge is 0.462 e. The van der Waals surface area contributed by atoms with Gasteiger partial charge in [-0.3, -0.25) is 0 Å². The summed E-state index contributed by atoms with van der Waals surface area (Å²) in [5.41, 5.74) is 0. The van der Waals surface area contributed by atoms with Crippen molar-refractivity contribution in [3.63, 3.8) is 0 Å². The van der Waals surface area contributed by atoms with Gasteiger partial charge in [0.15, 0.2) is 0 Å². The van der Waals surface area contributed by atoms with Gasteiger partial charge < -0.3 is 0 Å². The van der Waals surface area contributed by atoms with Gasteiger partial charge in [-0.2, -0.15) is 43.3 Å². The molecule has 11 heteroatoms. The first-order valence-corrected chi connectivity index (χ1v) is 4.64. The molecule has 0 fully saturated rings. The fraction of sp³-hybridized carbons (Fsp3) is 0.600. The van der Waals surface area contributed by atoms with Gasteiger partial charge in [-0.1, -0.05) is 6.58 Å². The molecule has 0 spiro atoms. The first-order valence-electron chi connectivity index (χ1n) is 3.17. The van der Waals surface area contributed by atoms with Crippen molar-refractivity contribution in [2.24, 2.45) is 0 Å². The number of halogens is 7. The summed E-state index contributed by atoms with van der Waals surface area (Å²) in [5.74, 6) is -6.64. The number of hydrogen-bond donors (Lipinski definition) is 0. The maximum atomic E-state index is 12.3. The van der Waals surface area contributed by atoms with E-state index in [-0.39, 0.29) is 5.41 Å². The molecule has 96 valence electrons. The van der Waals surface area contributed by atoms with Crippen molar-refractivity contribution >= 4 is 10.1 Å². The summed E-state index contributed by atoms with van der Waals surface area (Å²) >= 11 is 0. The summed E-state index contributed by atoms with van der Waals surface area (Å²) in [5, 5.41) is -0.340. The maximum absolute atomic E-state index is 12.3. The molecule has 0 radical (unpaired) electrons. The first kappa shape index (κ1) is 15.2. The molecule has 0 N–H and O–H groups in total. The highest BCUT2D eigenvalue weighted by molar-refractivity contribution is 7.89. The van der Waals surface area contributed by atoms with E-state index in [4.69, 9.17) is 0 Å². The zero-order valence-corrected chi connectivity index (χ0v) is 7.88. The van der Waals surface area contributed by atoms with Gasteiger partial charge >= 0.3 is 18.2 Å². The molecule has 0 amide bonds. The predicted octanol–water partition coefficient (Wildman–Crippen LogP) is 2.27. The van der Waals surface area contributed by atoms with Gasteiger partial charge in [0.2, 0.25) is 0 Å². The van der Waals surface area contributed by atoms with E-state index >= 15 is 0 Å². The van der Waals surface area contributed by atoms with Crippen LogP contribution in [0.15, 0.2) is 12.0 Å². The normalized spacial score (nSPS) is 14.9. The van der Waals surface area contributed by atoms with Crippen LogP contribution in [-0.4, -0.2) is 26.6 Å². The molecular formula is C5H3F7O3S. The number of alkyl halides is 7. The van der Waals surface area contributed by atoms with Crippen LogP contribution < -0.4 is 0 Å². The molecule has 0 atom stereocenters. The van der Waals surface area contributed by atoms with Crippen molar-refractivity contribution in [3.05, 3.63) is 12.0 Å². The molecule has 3 nitrogen and oxygen atoms in total. The molecule has 0 heterocycles. The van der Waals surface area contributed by atoms with Crippen molar-refractivity contribution in [3.8, 4) is 0 Å². The van der Waals surface area contributed by atoms with E-state index in [1.165, 1.54) is 0 Å². The lowest BCUT2D eigenvalue weighted by atomic mass is 10.3. The molecule has 0 rings (SSSR count). The van der Waals surface area contributed by atoms with Crippen molar-refractivity contribution in [2.75, 3.05) is 0 Å². The lowest BCUT2D eigenvalue weighted by Gasteiger charge is -2.26. The Hall–Kier alpha value is -0.840. The zero-order chi connectivity index (χ0) is 13.4. The third kappa shape index (κ3) is 2.84. The lowest BCUT2D eigenvalue weighted by Crippen LogP contribution is -2.53. The van der Waals surface area contributed by atoms with E-state index in [1.807, 2.05) is 0 Å². The summed E-state index contributed by atoms with van der Waals surface area (Å²) < 4.78 is 106. The Bertz CT molecular complexity index is 368. The van der Waals surface area contributed by atoms with Crippen LogP contribution in [-0.2, 0) is 14.3 Å². The average molecular weight is 276 g/mol. The highest BCUT2D eigenvalue weighted by Crippen LogP contribution is 2.47. The lowest BCUT2D eigenvalue weighted by molar-refractivity contribution is -0.402. The summed E-state index contributed by atoms with van der Waals surface area (Å²) in [7, 11) is -5.39. The average Bonchev–Trinajstić information content (AvgIpc) is 2.00. The second-order valence-corrected chi connectivity index (χ2v) is 3.82. The first-order chi connectivity index (χ1) is 6.77. The second-order valence-electron chi connectivity index (χ2n) is 2.33. The van der Waals surface area contributed by atoms with Crippen LogP contribution in [0.4, 0.5) is 30.7 Å². The molecule has 0 bridgehead atoms. The minimum absolute atomic E-state index is 0.340. The van der Waals surface area contributed by atoms with Crippen LogP contribution in [0.3, 0.4) is 0 Å². The maximum Gasteiger partial charge on any atom is 0.462 e. The van der Waals surface area contributed by atoms with E-state index in [0.29, 0.717) is 0 Å². The standard InChI is InChI=1S/C5H3F7O3S/c1-2-16(13,14)15-5(11,12)3(6,7)4(8,9)10/h2H,1H2. The Morgan fingerprint density at radius 3 is 1.62 bits per heavy atom.